The Morgan fingerprint density at radius 2 is 2.22 bits per heavy atom. The second-order valence-electron chi connectivity index (χ2n) is 5.51. The molecule has 23 heavy (non-hydrogen) atoms. The van der Waals surface area contributed by atoms with Crippen molar-refractivity contribution >= 4 is 33.1 Å². The Labute approximate surface area is 139 Å². The maximum Gasteiger partial charge on any atom is 0.250 e. The minimum absolute atomic E-state index is 0.221. The van der Waals surface area contributed by atoms with Gasteiger partial charge in [0.2, 0.25) is 5.91 Å². The number of hydrogen-bond donors (Lipinski definition) is 1. The Bertz CT molecular complexity index is 811. The number of hydrogen-bond acceptors (Lipinski definition) is 5. The van der Waals surface area contributed by atoms with Gasteiger partial charge in [0.1, 0.15) is 16.1 Å². The fourth-order valence-electron chi connectivity index (χ4n) is 2.72. The molecule has 7 nitrogen and oxygen atoms in total. The van der Waals surface area contributed by atoms with Crippen molar-refractivity contribution in [1.29, 1.82) is 0 Å². The number of nitrogens with zero attached hydrogens (tertiary/aromatic N) is 3. The first-order chi connectivity index (χ1) is 10.9. The predicted octanol–water partition coefficient (Wildman–Crippen LogP) is 1.26. The van der Waals surface area contributed by atoms with Crippen LogP contribution < -0.4 is 9.62 Å². The number of sulfonamides is 1. The lowest BCUT2D eigenvalue weighted by Crippen LogP contribution is -2.52. The molecular weight excluding hydrogens is 336 g/mol. The van der Waals surface area contributed by atoms with Crippen LogP contribution in [0.25, 0.3) is 0 Å². The molecule has 1 atom stereocenters. The van der Waals surface area contributed by atoms with E-state index in [4.69, 9.17) is 0 Å². The van der Waals surface area contributed by atoms with Gasteiger partial charge in [0, 0.05) is 19.7 Å². The van der Waals surface area contributed by atoms with Gasteiger partial charge in [0.05, 0.1) is 5.69 Å². The van der Waals surface area contributed by atoms with E-state index in [2.05, 4.69) is 9.82 Å². The molecule has 0 radical (unpaired) electrons. The minimum atomic E-state index is -3.66. The smallest absolute Gasteiger partial charge is 0.250 e. The van der Waals surface area contributed by atoms with E-state index >= 15 is 0 Å². The van der Waals surface area contributed by atoms with Gasteiger partial charge in [-0.05, 0) is 31.2 Å². The highest BCUT2D eigenvalue weighted by atomic mass is 32.2. The molecule has 0 unspecified atom stereocenters. The van der Waals surface area contributed by atoms with Crippen LogP contribution in [-0.4, -0.2) is 36.7 Å². The van der Waals surface area contributed by atoms with Crippen molar-refractivity contribution in [2.45, 2.75) is 30.0 Å². The Balaban J connectivity index is 1.82. The maximum atomic E-state index is 12.7. The lowest BCUT2D eigenvalue weighted by atomic mass is 10.1. The SMILES string of the molecule is Cc1cc(N2CCC[C@@H](NS(=O)(=O)c3cccs3)C2=O)n(C)n1. The van der Waals surface area contributed by atoms with Crippen LogP contribution in [0, 0.1) is 6.92 Å². The summed E-state index contributed by atoms with van der Waals surface area (Å²) in [7, 11) is -1.89. The zero-order valence-corrected chi connectivity index (χ0v) is 14.5. The summed E-state index contributed by atoms with van der Waals surface area (Å²) in [4.78, 5) is 14.3. The molecule has 3 heterocycles. The third kappa shape index (κ3) is 3.17. The van der Waals surface area contributed by atoms with Crippen molar-refractivity contribution < 1.29 is 13.2 Å². The van der Waals surface area contributed by atoms with Crippen molar-refractivity contribution in [1.82, 2.24) is 14.5 Å². The molecule has 1 fully saturated rings. The lowest BCUT2D eigenvalue weighted by Gasteiger charge is -2.32. The Morgan fingerprint density at radius 1 is 1.43 bits per heavy atom. The summed E-state index contributed by atoms with van der Waals surface area (Å²) < 4.78 is 29.1. The topological polar surface area (TPSA) is 84.3 Å². The van der Waals surface area contributed by atoms with E-state index in [0.29, 0.717) is 18.8 Å². The molecule has 124 valence electrons. The maximum absolute atomic E-state index is 12.7. The van der Waals surface area contributed by atoms with E-state index in [0.717, 1.165) is 23.5 Å². The number of carbonyl (C=O) groups is 1. The van der Waals surface area contributed by atoms with Gasteiger partial charge in [-0.3, -0.25) is 14.4 Å². The van der Waals surface area contributed by atoms with Crippen LogP contribution in [0.3, 0.4) is 0 Å². The molecule has 1 N–H and O–H groups in total. The zero-order valence-electron chi connectivity index (χ0n) is 12.9. The Hall–Kier alpha value is -1.71. The highest BCUT2D eigenvalue weighted by Crippen LogP contribution is 2.23. The second-order valence-corrected chi connectivity index (χ2v) is 8.39. The first kappa shape index (κ1) is 16.2. The minimum Gasteiger partial charge on any atom is -0.296 e. The van der Waals surface area contributed by atoms with Gasteiger partial charge in [0.15, 0.2) is 0 Å². The Kier molecular flexibility index (Phi) is 4.26. The van der Waals surface area contributed by atoms with E-state index in [9.17, 15) is 13.2 Å². The van der Waals surface area contributed by atoms with Gasteiger partial charge >= 0.3 is 0 Å². The number of carbonyl (C=O) groups excluding carboxylic acids is 1. The molecule has 0 aromatic carbocycles. The molecule has 1 aliphatic rings. The third-order valence-corrected chi connectivity index (χ3v) is 6.62. The summed E-state index contributed by atoms with van der Waals surface area (Å²) >= 11 is 1.13. The molecule has 2 aromatic heterocycles. The molecule has 3 rings (SSSR count). The fraction of sp³-hybridized carbons (Fsp3) is 0.429. The number of thiophene rings is 1. The van der Waals surface area contributed by atoms with Gasteiger partial charge in [-0.25, -0.2) is 8.42 Å². The number of anilines is 1. The Morgan fingerprint density at radius 3 is 2.83 bits per heavy atom. The van der Waals surface area contributed by atoms with E-state index in [1.165, 1.54) is 6.07 Å². The van der Waals surface area contributed by atoms with Crippen molar-refractivity contribution in [2.24, 2.45) is 7.05 Å². The summed E-state index contributed by atoms with van der Waals surface area (Å²) in [6.07, 6.45) is 1.23. The number of aryl methyl sites for hydroxylation is 2. The van der Waals surface area contributed by atoms with Crippen molar-refractivity contribution in [2.75, 3.05) is 11.4 Å². The lowest BCUT2D eigenvalue weighted by molar-refractivity contribution is -0.121. The molecule has 1 amide bonds. The quantitative estimate of drug-likeness (QED) is 0.896. The highest BCUT2D eigenvalue weighted by molar-refractivity contribution is 7.91. The summed E-state index contributed by atoms with van der Waals surface area (Å²) in [6.45, 7) is 2.42. The van der Waals surface area contributed by atoms with Crippen LogP contribution in [0.4, 0.5) is 5.82 Å². The number of nitrogens with one attached hydrogen (secondary N) is 1. The van der Waals surface area contributed by atoms with Crippen LogP contribution in [0.15, 0.2) is 27.8 Å². The summed E-state index contributed by atoms with van der Waals surface area (Å²) in [5, 5.41) is 5.94. The predicted molar refractivity (Wildman–Crippen MR) is 88.0 cm³/mol. The molecule has 0 bridgehead atoms. The molecule has 9 heteroatoms. The van der Waals surface area contributed by atoms with Crippen LogP contribution in [-0.2, 0) is 21.9 Å². The van der Waals surface area contributed by atoms with E-state index < -0.39 is 16.1 Å². The molecule has 0 saturated carbocycles. The summed E-state index contributed by atoms with van der Waals surface area (Å²) in [6, 6.07) is 4.29. The van der Waals surface area contributed by atoms with Gasteiger partial charge in [-0.2, -0.15) is 9.82 Å². The zero-order chi connectivity index (χ0) is 16.6. The number of rotatable bonds is 4. The number of amides is 1. The van der Waals surface area contributed by atoms with Crippen LogP contribution in [0.5, 0.6) is 0 Å². The van der Waals surface area contributed by atoms with Crippen LogP contribution in [0.2, 0.25) is 0 Å². The van der Waals surface area contributed by atoms with Crippen molar-refractivity contribution in [3.05, 3.63) is 29.3 Å². The fourth-order valence-corrected chi connectivity index (χ4v) is 4.96. The molecule has 1 aliphatic heterocycles. The average Bonchev–Trinajstić information content (AvgIpc) is 3.11. The van der Waals surface area contributed by atoms with Crippen LogP contribution in [0.1, 0.15) is 18.5 Å². The molecule has 0 spiro atoms. The molecular formula is C14H18N4O3S2. The normalized spacial score (nSPS) is 19.3. The molecule has 2 aromatic rings. The number of aromatic nitrogens is 2. The monoisotopic (exact) mass is 354 g/mol. The third-order valence-electron chi connectivity index (χ3n) is 3.75. The standard InChI is InChI=1S/C14H18N4O3S2/c1-10-9-12(17(2)15-10)18-7-3-5-11(14(18)19)16-23(20,21)13-6-4-8-22-13/h4,6,8-9,11,16H,3,5,7H2,1-2H3/t11-/m1/s1. The van der Waals surface area contributed by atoms with Crippen LogP contribution >= 0.6 is 11.3 Å². The average molecular weight is 354 g/mol. The first-order valence-electron chi connectivity index (χ1n) is 7.26. The number of piperidine rings is 1. The van der Waals surface area contributed by atoms with Gasteiger partial charge in [0.25, 0.3) is 10.0 Å². The van der Waals surface area contributed by atoms with Crippen molar-refractivity contribution in [3.8, 4) is 0 Å². The highest BCUT2D eigenvalue weighted by Gasteiger charge is 2.34. The summed E-state index contributed by atoms with van der Waals surface area (Å²) in [5.41, 5.74) is 0.816. The summed E-state index contributed by atoms with van der Waals surface area (Å²) in [5.74, 6) is 0.451. The van der Waals surface area contributed by atoms with Crippen molar-refractivity contribution in [3.63, 3.8) is 0 Å². The molecule has 1 saturated heterocycles. The van der Waals surface area contributed by atoms with E-state index in [1.807, 2.05) is 13.0 Å². The van der Waals surface area contributed by atoms with Gasteiger partial charge in [-0.15, -0.1) is 11.3 Å². The second kappa shape index (κ2) is 6.06. The largest absolute Gasteiger partial charge is 0.296 e. The van der Waals surface area contributed by atoms with E-state index in [-0.39, 0.29) is 10.1 Å². The van der Waals surface area contributed by atoms with Gasteiger partial charge in [-0.1, -0.05) is 6.07 Å². The molecule has 0 aliphatic carbocycles. The van der Waals surface area contributed by atoms with Gasteiger partial charge < -0.3 is 0 Å². The first-order valence-corrected chi connectivity index (χ1v) is 9.62. The van der Waals surface area contributed by atoms with E-state index in [1.54, 1.807) is 28.1 Å².